The van der Waals surface area contributed by atoms with Crippen molar-refractivity contribution in [2.75, 3.05) is 0 Å². The third-order valence-electron chi connectivity index (χ3n) is 12.8. The number of pyridine rings is 1. The minimum absolute atomic E-state index is 0.0498. The van der Waals surface area contributed by atoms with Gasteiger partial charge in [0.05, 0.1) is 16.6 Å². The largest absolute Gasteiger partial charge is 0.294 e. The average molecular weight is 782 g/mol. The molecule has 4 aromatic heterocycles. The highest BCUT2D eigenvalue weighted by Gasteiger charge is 2.51. The van der Waals surface area contributed by atoms with Crippen LogP contribution in [0.1, 0.15) is 58.4 Å². The van der Waals surface area contributed by atoms with Crippen LogP contribution in [0.15, 0.2) is 152 Å². The standard InChI is InChI=1S/C53H47N5Si/c1-33-29-49(56-55-33)58-45-20-14-11-17-38(45)40-26-23-37(32-46(40)58)59(47-30-34(52(2,3)4)21-24-41(47)42-25-22-35(31-48(42)59)53(5,6)7)50-28-27-43-39-18-12-13-19-44(39)57(51(43)54-50)36-15-9-8-10-16-36/h8-32H,1-7H3,(H,55,56). The molecule has 0 fully saturated rings. The number of benzene rings is 6. The van der Waals surface area contributed by atoms with E-state index in [1.54, 1.807) is 0 Å². The first-order chi connectivity index (χ1) is 28.4. The zero-order valence-corrected chi connectivity index (χ0v) is 35.7. The van der Waals surface area contributed by atoms with Gasteiger partial charge < -0.3 is 0 Å². The molecule has 0 bridgehead atoms. The fourth-order valence-electron chi connectivity index (χ4n) is 9.85. The monoisotopic (exact) mass is 781 g/mol. The van der Waals surface area contributed by atoms with Gasteiger partial charge in [-0.3, -0.25) is 14.2 Å². The molecule has 0 saturated carbocycles. The topological polar surface area (TPSA) is 51.4 Å². The van der Waals surface area contributed by atoms with Gasteiger partial charge in [-0.25, -0.2) is 4.98 Å². The van der Waals surface area contributed by atoms with Crippen LogP contribution in [-0.2, 0) is 10.8 Å². The number of aromatic nitrogens is 5. The van der Waals surface area contributed by atoms with Crippen molar-refractivity contribution in [3.63, 3.8) is 0 Å². The number of aryl methyl sites for hydroxylation is 1. The van der Waals surface area contributed by atoms with E-state index in [1.807, 2.05) is 0 Å². The van der Waals surface area contributed by atoms with Crippen molar-refractivity contribution < 1.29 is 0 Å². The molecule has 0 unspecified atom stereocenters. The maximum Gasteiger partial charge on any atom is 0.203 e. The van der Waals surface area contributed by atoms with Crippen molar-refractivity contribution in [2.45, 2.75) is 59.3 Å². The Balaban J connectivity index is 1.33. The van der Waals surface area contributed by atoms with Crippen molar-refractivity contribution in [3.05, 3.63) is 168 Å². The van der Waals surface area contributed by atoms with Gasteiger partial charge in [-0.05, 0) is 98.0 Å². The molecule has 1 aliphatic rings. The predicted molar refractivity (Wildman–Crippen MR) is 250 cm³/mol. The van der Waals surface area contributed by atoms with Crippen LogP contribution in [0.2, 0.25) is 0 Å². The van der Waals surface area contributed by atoms with E-state index >= 15 is 0 Å². The second kappa shape index (κ2) is 12.5. The van der Waals surface area contributed by atoms with Crippen molar-refractivity contribution >= 4 is 72.7 Å². The van der Waals surface area contributed by atoms with E-state index < -0.39 is 8.07 Å². The summed E-state index contributed by atoms with van der Waals surface area (Å²) in [4.78, 5) is 6.01. The van der Waals surface area contributed by atoms with Crippen molar-refractivity contribution in [1.82, 2.24) is 24.3 Å². The third-order valence-corrected chi connectivity index (χ3v) is 17.5. The molecule has 288 valence electrons. The Labute approximate surface area is 346 Å². The number of para-hydroxylation sites is 3. The molecule has 0 aliphatic carbocycles. The zero-order valence-electron chi connectivity index (χ0n) is 34.7. The molecule has 0 atom stereocenters. The Morgan fingerprint density at radius 1 is 0.508 bits per heavy atom. The van der Waals surface area contributed by atoms with Crippen LogP contribution in [0.5, 0.6) is 0 Å². The van der Waals surface area contributed by atoms with Crippen molar-refractivity contribution in [2.24, 2.45) is 0 Å². The number of fused-ring (bicyclic) bond motifs is 9. The van der Waals surface area contributed by atoms with Gasteiger partial charge in [0, 0.05) is 44.3 Å². The van der Waals surface area contributed by atoms with E-state index in [2.05, 4.69) is 214 Å². The molecule has 0 radical (unpaired) electrons. The first kappa shape index (κ1) is 35.6. The average Bonchev–Trinajstić information content (AvgIpc) is 3.98. The summed E-state index contributed by atoms with van der Waals surface area (Å²) in [6, 6.07) is 57.0. The molecule has 0 spiro atoms. The Morgan fingerprint density at radius 3 is 1.68 bits per heavy atom. The number of hydrogen-bond acceptors (Lipinski definition) is 2. The second-order valence-electron chi connectivity index (χ2n) is 18.5. The molecule has 6 aromatic carbocycles. The Bertz CT molecular complexity index is 3250. The van der Waals surface area contributed by atoms with Crippen LogP contribution in [0.3, 0.4) is 0 Å². The minimum atomic E-state index is -3.19. The lowest BCUT2D eigenvalue weighted by Crippen LogP contribution is -2.73. The van der Waals surface area contributed by atoms with Crippen molar-refractivity contribution in [1.29, 1.82) is 0 Å². The molecule has 5 heterocycles. The van der Waals surface area contributed by atoms with Crippen LogP contribution in [0, 0.1) is 6.92 Å². The molecule has 5 nitrogen and oxygen atoms in total. The maximum absolute atomic E-state index is 6.01. The summed E-state index contributed by atoms with van der Waals surface area (Å²) in [7, 11) is -3.19. The van der Waals surface area contributed by atoms with Gasteiger partial charge in [0.25, 0.3) is 0 Å². The van der Waals surface area contributed by atoms with Crippen LogP contribution in [0.25, 0.3) is 66.4 Å². The molecule has 1 aliphatic heterocycles. The molecule has 11 rings (SSSR count). The summed E-state index contributed by atoms with van der Waals surface area (Å²) in [5.74, 6) is 0.894. The number of nitrogens with one attached hydrogen (secondary N) is 1. The zero-order chi connectivity index (χ0) is 40.4. The number of hydrogen-bond donors (Lipinski definition) is 1. The highest BCUT2D eigenvalue weighted by Crippen LogP contribution is 2.37. The second-order valence-corrected chi connectivity index (χ2v) is 22.2. The summed E-state index contributed by atoms with van der Waals surface area (Å²) in [6.07, 6.45) is 0. The first-order valence-electron chi connectivity index (χ1n) is 20.8. The summed E-state index contributed by atoms with van der Waals surface area (Å²) in [5.41, 5.74) is 11.8. The van der Waals surface area contributed by atoms with Gasteiger partial charge in [-0.15, -0.1) is 0 Å². The Kier molecular flexibility index (Phi) is 7.55. The summed E-state index contributed by atoms with van der Waals surface area (Å²) < 4.78 is 4.71. The normalized spacial score (nSPS) is 13.8. The van der Waals surface area contributed by atoms with Crippen LogP contribution in [0.4, 0.5) is 0 Å². The molecule has 0 saturated heterocycles. The molecule has 6 heteroatoms. The molecule has 59 heavy (non-hydrogen) atoms. The predicted octanol–water partition coefficient (Wildman–Crippen LogP) is 10.3. The van der Waals surface area contributed by atoms with Gasteiger partial charge in [-0.1, -0.05) is 145 Å². The summed E-state index contributed by atoms with van der Waals surface area (Å²) in [6.45, 7) is 16.1. The third kappa shape index (κ3) is 5.15. The van der Waals surface area contributed by atoms with Gasteiger partial charge in [0.2, 0.25) is 8.07 Å². The van der Waals surface area contributed by atoms with E-state index in [9.17, 15) is 0 Å². The van der Waals surface area contributed by atoms with Crippen LogP contribution >= 0.6 is 0 Å². The summed E-state index contributed by atoms with van der Waals surface area (Å²) >= 11 is 0. The quantitative estimate of drug-likeness (QED) is 0.181. The first-order valence-corrected chi connectivity index (χ1v) is 22.8. The van der Waals surface area contributed by atoms with Crippen molar-refractivity contribution in [3.8, 4) is 22.6 Å². The lowest BCUT2D eigenvalue weighted by atomic mass is 9.85. The molecular formula is C53H47N5Si. The fraction of sp³-hybridized carbons (Fsp3) is 0.170. The van der Waals surface area contributed by atoms with E-state index in [1.165, 1.54) is 54.0 Å². The van der Waals surface area contributed by atoms with E-state index in [0.717, 1.165) is 50.1 Å². The SMILES string of the molecule is Cc1cc(-n2c3ccccc3c3ccc([Si]4(c5ccc6c7ccccc7n(-c7ccccc7)c6n5)c5cc(C(C)(C)C)ccc5-c5ccc(C(C)(C)C)cc54)cc32)n[nH]1. The molecular weight excluding hydrogens is 735 g/mol. The Morgan fingerprint density at radius 2 is 1.07 bits per heavy atom. The van der Waals surface area contributed by atoms with E-state index in [-0.39, 0.29) is 10.8 Å². The Hall–Kier alpha value is -6.50. The van der Waals surface area contributed by atoms with Gasteiger partial charge in [-0.2, -0.15) is 5.10 Å². The van der Waals surface area contributed by atoms with Gasteiger partial charge in [0.15, 0.2) is 5.82 Å². The molecule has 0 amide bonds. The smallest absolute Gasteiger partial charge is 0.203 e. The number of aromatic amines is 1. The van der Waals surface area contributed by atoms with E-state index in [0.29, 0.717) is 0 Å². The fourth-order valence-corrected chi connectivity index (χ4v) is 14.9. The van der Waals surface area contributed by atoms with Crippen LogP contribution in [-0.4, -0.2) is 32.4 Å². The summed E-state index contributed by atoms with van der Waals surface area (Å²) in [5, 5.41) is 18.1. The lowest BCUT2D eigenvalue weighted by Gasteiger charge is -2.32. The highest BCUT2D eigenvalue weighted by molar-refractivity contribution is 7.22. The number of nitrogens with zero attached hydrogens (tertiary/aromatic N) is 4. The molecule has 1 N–H and O–H groups in total. The van der Waals surface area contributed by atoms with E-state index in [4.69, 9.17) is 10.1 Å². The van der Waals surface area contributed by atoms with Gasteiger partial charge in [0.1, 0.15) is 5.65 Å². The van der Waals surface area contributed by atoms with Crippen LogP contribution < -0.4 is 20.9 Å². The molecule has 10 aromatic rings. The lowest BCUT2D eigenvalue weighted by molar-refractivity contribution is 0.590. The number of rotatable bonds is 4. The number of H-pyrrole nitrogens is 1. The van der Waals surface area contributed by atoms with Gasteiger partial charge >= 0.3 is 0 Å². The highest BCUT2D eigenvalue weighted by atomic mass is 28.3. The minimum Gasteiger partial charge on any atom is -0.294 e. The maximum atomic E-state index is 6.01.